The van der Waals surface area contributed by atoms with Crippen LogP contribution >= 0.6 is 0 Å². The van der Waals surface area contributed by atoms with Crippen LogP contribution in [0.25, 0.3) is 0 Å². The van der Waals surface area contributed by atoms with Crippen molar-refractivity contribution in [1.82, 2.24) is 4.98 Å². The number of aromatic carboxylic acids is 1. The molecule has 0 saturated carbocycles. The Kier molecular flexibility index (Phi) is 3.89. The molecule has 10 heteroatoms. The van der Waals surface area contributed by atoms with E-state index < -0.39 is 41.3 Å². The van der Waals surface area contributed by atoms with Gasteiger partial charge >= 0.3 is 12.3 Å². The average Bonchev–Trinajstić information content (AvgIpc) is 2.25. The van der Waals surface area contributed by atoms with Crippen molar-refractivity contribution in [2.45, 2.75) is 12.8 Å². The molecule has 0 spiro atoms. The maximum absolute atomic E-state index is 12.5. The summed E-state index contributed by atoms with van der Waals surface area (Å²) in [5.41, 5.74) is -3.65. The first-order valence-corrected chi connectivity index (χ1v) is 4.37. The molecule has 0 aliphatic carbocycles. The van der Waals surface area contributed by atoms with Crippen LogP contribution in [0.3, 0.4) is 0 Å². The SMILES string of the molecule is N#Cc1c(C(F)F)cnc(C(=O)O)c1OC(F)(F)F. The molecule has 5 nitrogen and oxygen atoms in total. The lowest BCUT2D eigenvalue weighted by molar-refractivity contribution is -0.275. The van der Waals surface area contributed by atoms with E-state index in [9.17, 15) is 26.7 Å². The second-order valence-corrected chi connectivity index (χ2v) is 3.03. The first kappa shape index (κ1) is 14.6. The highest BCUT2D eigenvalue weighted by atomic mass is 19.4. The summed E-state index contributed by atoms with van der Waals surface area (Å²) in [5, 5.41) is 17.2. The number of halogens is 5. The summed E-state index contributed by atoms with van der Waals surface area (Å²) >= 11 is 0. The van der Waals surface area contributed by atoms with Crippen molar-refractivity contribution in [1.29, 1.82) is 5.26 Å². The van der Waals surface area contributed by atoms with Crippen molar-refractivity contribution >= 4 is 5.97 Å². The summed E-state index contributed by atoms with van der Waals surface area (Å²) in [5.74, 6) is -3.50. The molecular formula is C9H3F5N2O3. The number of pyridine rings is 1. The third kappa shape index (κ3) is 3.27. The van der Waals surface area contributed by atoms with E-state index in [1.807, 2.05) is 0 Å². The number of aromatic nitrogens is 1. The van der Waals surface area contributed by atoms with Gasteiger partial charge in [-0.15, -0.1) is 13.2 Å². The summed E-state index contributed by atoms with van der Waals surface area (Å²) in [6.45, 7) is 0. The Labute approximate surface area is 101 Å². The topological polar surface area (TPSA) is 83.2 Å². The van der Waals surface area contributed by atoms with E-state index in [1.54, 1.807) is 0 Å². The van der Waals surface area contributed by atoms with Crippen LogP contribution in [-0.4, -0.2) is 22.4 Å². The molecular weight excluding hydrogens is 279 g/mol. The van der Waals surface area contributed by atoms with Crippen molar-refractivity contribution in [2.75, 3.05) is 0 Å². The molecule has 0 amide bonds. The smallest absolute Gasteiger partial charge is 0.476 e. The Balaban J connectivity index is 3.56. The van der Waals surface area contributed by atoms with Gasteiger partial charge in [-0.3, -0.25) is 0 Å². The largest absolute Gasteiger partial charge is 0.573 e. The molecule has 19 heavy (non-hydrogen) atoms. The van der Waals surface area contributed by atoms with Gasteiger partial charge < -0.3 is 9.84 Å². The van der Waals surface area contributed by atoms with Gasteiger partial charge in [0.1, 0.15) is 11.6 Å². The van der Waals surface area contributed by atoms with Gasteiger partial charge in [-0.2, -0.15) is 5.26 Å². The van der Waals surface area contributed by atoms with Gasteiger partial charge in [0, 0.05) is 6.20 Å². The van der Waals surface area contributed by atoms with Gasteiger partial charge in [-0.05, 0) is 0 Å². The summed E-state index contributed by atoms with van der Waals surface area (Å²) in [4.78, 5) is 13.6. The zero-order valence-electron chi connectivity index (χ0n) is 8.70. The van der Waals surface area contributed by atoms with Gasteiger partial charge in [0.15, 0.2) is 11.4 Å². The fourth-order valence-corrected chi connectivity index (χ4v) is 1.15. The molecule has 0 radical (unpaired) electrons. The molecule has 0 fully saturated rings. The maximum atomic E-state index is 12.5. The normalized spacial score (nSPS) is 11.2. The van der Waals surface area contributed by atoms with Crippen LogP contribution in [0.2, 0.25) is 0 Å². The number of nitrogens with zero attached hydrogens (tertiary/aromatic N) is 2. The van der Waals surface area contributed by atoms with E-state index >= 15 is 0 Å². The highest BCUT2D eigenvalue weighted by Gasteiger charge is 2.36. The number of carbonyl (C=O) groups is 1. The van der Waals surface area contributed by atoms with Gasteiger partial charge in [-0.25, -0.2) is 18.6 Å². The Morgan fingerprint density at radius 3 is 2.42 bits per heavy atom. The molecule has 1 aromatic heterocycles. The van der Waals surface area contributed by atoms with Gasteiger partial charge in [0.2, 0.25) is 0 Å². The second-order valence-electron chi connectivity index (χ2n) is 3.03. The van der Waals surface area contributed by atoms with Gasteiger partial charge in [0.05, 0.1) is 5.56 Å². The molecule has 0 aliphatic rings. The van der Waals surface area contributed by atoms with E-state index in [1.165, 1.54) is 0 Å². The molecule has 0 aliphatic heterocycles. The van der Waals surface area contributed by atoms with Crippen LogP contribution in [0.15, 0.2) is 6.20 Å². The van der Waals surface area contributed by atoms with E-state index in [4.69, 9.17) is 10.4 Å². The fraction of sp³-hybridized carbons (Fsp3) is 0.222. The number of carboxylic acids is 1. The van der Waals surface area contributed by atoms with Crippen molar-refractivity contribution in [3.8, 4) is 11.8 Å². The summed E-state index contributed by atoms with van der Waals surface area (Å²) in [6.07, 6.45) is -8.34. The third-order valence-corrected chi connectivity index (χ3v) is 1.83. The molecule has 0 atom stereocenters. The predicted molar refractivity (Wildman–Crippen MR) is 47.6 cm³/mol. The number of alkyl halides is 5. The molecule has 1 rings (SSSR count). The van der Waals surface area contributed by atoms with E-state index in [0.29, 0.717) is 6.20 Å². The Hall–Kier alpha value is -2.44. The monoisotopic (exact) mass is 282 g/mol. The van der Waals surface area contributed by atoms with Crippen LogP contribution in [0, 0.1) is 11.3 Å². The number of rotatable bonds is 3. The number of ether oxygens (including phenoxy) is 1. The van der Waals surface area contributed by atoms with Crippen LogP contribution in [0.4, 0.5) is 22.0 Å². The van der Waals surface area contributed by atoms with Crippen LogP contribution < -0.4 is 4.74 Å². The zero-order chi connectivity index (χ0) is 14.8. The third-order valence-electron chi connectivity index (χ3n) is 1.83. The van der Waals surface area contributed by atoms with Crippen molar-refractivity contribution in [2.24, 2.45) is 0 Å². The number of hydrogen-bond donors (Lipinski definition) is 1. The molecule has 1 heterocycles. The van der Waals surface area contributed by atoms with E-state index in [0.717, 1.165) is 6.07 Å². The van der Waals surface area contributed by atoms with E-state index in [2.05, 4.69) is 9.72 Å². The molecule has 0 saturated heterocycles. The standard InChI is InChI=1S/C9H3F5N2O3/c10-7(11)4-2-16-5(8(17)18)6(3(4)1-15)19-9(12,13)14/h2,7H,(H,17,18). The van der Waals surface area contributed by atoms with Gasteiger partial charge in [0.25, 0.3) is 6.43 Å². The lowest BCUT2D eigenvalue weighted by Crippen LogP contribution is -2.21. The maximum Gasteiger partial charge on any atom is 0.573 e. The van der Waals surface area contributed by atoms with Crippen molar-refractivity contribution < 1.29 is 36.6 Å². The minimum Gasteiger partial charge on any atom is -0.476 e. The molecule has 0 aromatic carbocycles. The number of nitriles is 1. The Bertz CT molecular complexity index is 550. The first-order valence-electron chi connectivity index (χ1n) is 4.37. The fourth-order valence-electron chi connectivity index (χ4n) is 1.15. The summed E-state index contributed by atoms with van der Waals surface area (Å²) < 4.78 is 64.6. The average molecular weight is 282 g/mol. The Morgan fingerprint density at radius 1 is 1.47 bits per heavy atom. The lowest BCUT2D eigenvalue weighted by Gasteiger charge is -2.14. The van der Waals surface area contributed by atoms with Crippen LogP contribution in [-0.2, 0) is 0 Å². The molecule has 0 bridgehead atoms. The molecule has 1 aromatic rings. The minimum absolute atomic E-state index is 0.315. The predicted octanol–water partition coefficient (Wildman–Crippen LogP) is 2.49. The van der Waals surface area contributed by atoms with Gasteiger partial charge in [-0.1, -0.05) is 0 Å². The highest BCUT2D eigenvalue weighted by molar-refractivity contribution is 5.89. The molecule has 0 unspecified atom stereocenters. The quantitative estimate of drug-likeness (QED) is 0.861. The molecule has 1 N–H and O–H groups in total. The summed E-state index contributed by atoms with van der Waals surface area (Å²) in [6, 6.07) is 1.06. The zero-order valence-corrected chi connectivity index (χ0v) is 8.70. The second kappa shape index (κ2) is 5.05. The number of carboxylic acid groups (broad SMARTS) is 1. The van der Waals surface area contributed by atoms with Crippen molar-refractivity contribution in [3.63, 3.8) is 0 Å². The Morgan fingerprint density at radius 2 is 2.05 bits per heavy atom. The molecule has 102 valence electrons. The van der Waals surface area contributed by atoms with Crippen LogP contribution in [0.5, 0.6) is 5.75 Å². The number of hydrogen-bond acceptors (Lipinski definition) is 4. The highest BCUT2D eigenvalue weighted by Crippen LogP contribution is 2.34. The minimum atomic E-state index is -5.35. The van der Waals surface area contributed by atoms with E-state index in [-0.39, 0.29) is 0 Å². The van der Waals surface area contributed by atoms with Crippen LogP contribution in [0.1, 0.15) is 28.0 Å². The lowest BCUT2D eigenvalue weighted by atomic mass is 10.1. The van der Waals surface area contributed by atoms with Crippen molar-refractivity contribution in [3.05, 3.63) is 23.0 Å². The first-order chi connectivity index (χ1) is 8.67. The summed E-state index contributed by atoms with van der Waals surface area (Å²) in [7, 11) is 0.